The van der Waals surface area contributed by atoms with Crippen molar-refractivity contribution in [2.24, 2.45) is 5.10 Å². The number of halogens is 1. The highest BCUT2D eigenvalue weighted by Crippen LogP contribution is 2.22. The maximum Gasteiger partial charge on any atom is 0.258 e. The number of amides is 1. The number of carbonyl (C=O) groups is 1. The highest BCUT2D eigenvalue weighted by Gasteiger charge is 2.26. The molecule has 1 saturated heterocycles. The van der Waals surface area contributed by atoms with Crippen molar-refractivity contribution in [2.45, 2.75) is 32.0 Å². The van der Waals surface area contributed by atoms with Gasteiger partial charge in [-0.2, -0.15) is 5.10 Å². The summed E-state index contributed by atoms with van der Waals surface area (Å²) < 4.78 is 6.81. The number of nitrogens with zero attached hydrogens (tertiary/aromatic N) is 1. The number of hydrazine groups is 1. The molecule has 0 aromatic heterocycles. The third-order valence-electron chi connectivity index (χ3n) is 4.00. The second kappa shape index (κ2) is 8.93. The molecule has 26 heavy (non-hydrogen) atoms. The smallest absolute Gasteiger partial charge is 0.258 e. The Hall–Kier alpha value is -2.22. The van der Waals surface area contributed by atoms with Gasteiger partial charge in [0.1, 0.15) is 18.4 Å². The molecule has 0 spiro atoms. The van der Waals surface area contributed by atoms with Crippen LogP contribution in [0.15, 0.2) is 58.1 Å². The highest BCUT2D eigenvalue weighted by molar-refractivity contribution is 9.10. The van der Waals surface area contributed by atoms with Crippen LogP contribution in [0.2, 0.25) is 0 Å². The summed E-state index contributed by atoms with van der Waals surface area (Å²) in [5.41, 5.74) is 10.4. The van der Waals surface area contributed by atoms with E-state index in [9.17, 15) is 4.79 Å². The molecule has 2 aromatic rings. The van der Waals surface area contributed by atoms with Gasteiger partial charge in [-0.05, 0) is 37.1 Å². The number of rotatable bonds is 6. The lowest BCUT2D eigenvalue weighted by atomic mass is 10.1. The van der Waals surface area contributed by atoms with E-state index in [1.807, 2.05) is 55.5 Å². The zero-order chi connectivity index (χ0) is 18.4. The van der Waals surface area contributed by atoms with Gasteiger partial charge in [0.25, 0.3) is 5.91 Å². The van der Waals surface area contributed by atoms with Gasteiger partial charge in [0, 0.05) is 16.1 Å². The average Bonchev–Trinajstić information content (AvgIpc) is 3.08. The lowest BCUT2D eigenvalue weighted by molar-refractivity contribution is -0.122. The van der Waals surface area contributed by atoms with E-state index in [1.165, 1.54) is 0 Å². The molecule has 136 valence electrons. The molecule has 7 heteroatoms. The first-order valence-electron chi connectivity index (χ1n) is 8.42. The van der Waals surface area contributed by atoms with Crippen molar-refractivity contribution >= 4 is 28.1 Å². The number of benzene rings is 2. The predicted octanol–water partition coefficient (Wildman–Crippen LogP) is 2.73. The summed E-state index contributed by atoms with van der Waals surface area (Å²) in [5, 5.41) is 4.07. The van der Waals surface area contributed by atoms with Crippen molar-refractivity contribution in [2.75, 3.05) is 0 Å². The van der Waals surface area contributed by atoms with Crippen LogP contribution in [0.3, 0.4) is 0 Å². The Kier molecular flexibility index (Phi) is 6.38. The van der Waals surface area contributed by atoms with Gasteiger partial charge in [-0.3, -0.25) is 10.2 Å². The zero-order valence-corrected chi connectivity index (χ0v) is 16.0. The van der Waals surface area contributed by atoms with Gasteiger partial charge in [-0.25, -0.2) is 10.9 Å². The van der Waals surface area contributed by atoms with Gasteiger partial charge in [0.15, 0.2) is 0 Å². The van der Waals surface area contributed by atoms with Crippen molar-refractivity contribution < 1.29 is 9.53 Å². The lowest BCUT2D eigenvalue weighted by Gasteiger charge is -2.10. The highest BCUT2D eigenvalue weighted by atomic mass is 79.9. The fraction of sp³-hybridized carbons (Fsp3) is 0.263. The van der Waals surface area contributed by atoms with E-state index >= 15 is 0 Å². The van der Waals surface area contributed by atoms with Crippen molar-refractivity contribution in [3.63, 3.8) is 0 Å². The van der Waals surface area contributed by atoms with E-state index < -0.39 is 0 Å². The predicted molar refractivity (Wildman–Crippen MR) is 105 cm³/mol. The quantitative estimate of drug-likeness (QED) is 0.499. The molecule has 1 fully saturated rings. The van der Waals surface area contributed by atoms with Crippen LogP contribution >= 0.6 is 15.9 Å². The van der Waals surface area contributed by atoms with Gasteiger partial charge < -0.3 is 4.74 Å². The zero-order valence-electron chi connectivity index (χ0n) is 14.4. The van der Waals surface area contributed by atoms with Crippen LogP contribution in [0.5, 0.6) is 5.75 Å². The fourth-order valence-electron chi connectivity index (χ4n) is 2.62. The van der Waals surface area contributed by atoms with Crippen LogP contribution in [-0.4, -0.2) is 24.2 Å². The molecule has 0 saturated carbocycles. The first-order chi connectivity index (χ1) is 12.6. The molecule has 0 aliphatic carbocycles. The first-order valence-corrected chi connectivity index (χ1v) is 9.21. The Morgan fingerprint density at radius 3 is 2.85 bits per heavy atom. The van der Waals surface area contributed by atoms with E-state index in [0.29, 0.717) is 12.4 Å². The minimum absolute atomic E-state index is 0.167. The van der Waals surface area contributed by atoms with E-state index in [1.54, 1.807) is 6.21 Å². The second-order valence-corrected chi connectivity index (χ2v) is 7.08. The summed E-state index contributed by atoms with van der Waals surface area (Å²) in [6.45, 7) is 2.48. The molecular weight excluding hydrogens is 396 g/mol. The molecule has 1 amide bonds. The number of hydrazone groups is 1. The molecule has 0 bridgehead atoms. The number of hydrogen-bond acceptors (Lipinski definition) is 5. The maximum atomic E-state index is 12.1. The van der Waals surface area contributed by atoms with Gasteiger partial charge in [-0.1, -0.05) is 46.3 Å². The third kappa shape index (κ3) is 5.14. The molecule has 2 aromatic carbocycles. The second-order valence-electron chi connectivity index (χ2n) is 6.17. The fourth-order valence-corrected chi connectivity index (χ4v) is 3.00. The summed E-state index contributed by atoms with van der Waals surface area (Å²) in [6, 6.07) is 15.6. The van der Waals surface area contributed by atoms with E-state index in [-0.39, 0.29) is 18.0 Å². The van der Waals surface area contributed by atoms with Crippen molar-refractivity contribution in [3.05, 3.63) is 64.1 Å². The Bertz CT molecular complexity index is 782. The molecule has 1 heterocycles. The third-order valence-corrected chi connectivity index (χ3v) is 4.49. The SMILES string of the molecule is CC1CC(C(=O)N/N=C/c2cc(Br)ccc2OCc2ccccc2)NN1. The van der Waals surface area contributed by atoms with Gasteiger partial charge in [0.2, 0.25) is 0 Å². The Morgan fingerprint density at radius 1 is 1.31 bits per heavy atom. The monoisotopic (exact) mass is 416 g/mol. The van der Waals surface area contributed by atoms with Crippen molar-refractivity contribution in [1.29, 1.82) is 0 Å². The van der Waals surface area contributed by atoms with Crippen LogP contribution < -0.4 is 21.0 Å². The van der Waals surface area contributed by atoms with Gasteiger partial charge in [-0.15, -0.1) is 0 Å². The first kappa shape index (κ1) is 18.6. The summed E-state index contributed by atoms with van der Waals surface area (Å²) in [7, 11) is 0. The summed E-state index contributed by atoms with van der Waals surface area (Å²) in [5.74, 6) is 0.532. The van der Waals surface area contributed by atoms with Gasteiger partial charge in [0.05, 0.1) is 6.21 Å². The Labute approximate surface area is 161 Å². The normalized spacial score (nSPS) is 19.6. The van der Waals surface area contributed by atoms with Crippen LogP contribution in [0.4, 0.5) is 0 Å². The van der Waals surface area contributed by atoms with Crippen LogP contribution in [0.25, 0.3) is 0 Å². The van der Waals surface area contributed by atoms with Gasteiger partial charge >= 0.3 is 0 Å². The number of carbonyl (C=O) groups excluding carboxylic acids is 1. The molecule has 0 radical (unpaired) electrons. The molecule has 3 N–H and O–H groups in total. The molecule has 6 nitrogen and oxygen atoms in total. The van der Waals surface area contributed by atoms with Crippen LogP contribution in [0, 0.1) is 0 Å². The molecule has 2 unspecified atom stereocenters. The van der Waals surface area contributed by atoms with E-state index in [0.717, 1.165) is 22.0 Å². The molecular formula is C19H21BrN4O2. The molecule has 2 atom stereocenters. The Morgan fingerprint density at radius 2 is 2.12 bits per heavy atom. The van der Waals surface area contributed by atoms with Crippen molar-refractivity contribution in [1.82, 2.24) is 16.3 Å². The molecule has 1 aliphatic rings. The number of hydrogen-bond donors (Lipinski definition) is 3. The average molecular weight is 417 g/mol. The number of nitrogens with one attached hydrogen (secondary N) is 3. The molecule has 1 aliphatic heterocycles. The minimum atomic E-state index is -0.279. The van der Waals surface area contributed by atoms with Crippen molar-refractivity contribution in [3.8, 4) is 5.75 Å². The number of ether oxygens (including phenoxy) is 1. The molecule has 3 rings (SSSR count). The summed E-state index contributed by atoms with van der Waals surface area (Å²) in [6.07, 6.45) is 2.32. The van der Waals surface area contributed by atoms with E-state index in [2.05, 4.69) is 37.3 Å². The minimum Gasteiger partial charge on any atom is -0.488 e. The van der Waals surface area contributed by atoms with E-state index in [4.69, 9.17) is 4.74 Å². The van der Waals surface area contributed by atoms with Crippen LogP contribution in [-0.2, 0) is 11.4 Å². The summed E-state index contributed by atoms with van der Waals surface area (Å²) in [4.78, 5) is 12.1. The largest absolute Gasteiger partial charge is 0.488 e. The maximum absolute atomic E-state index is 12.1. The Balaban J connectivity index is 1.62. The van der Waals surface area contributed by atoms with Crippen LogP contribution in [0.1, 0.15) is 24.5 Å². The standard InChI is InChI=1S/C19H21BrN4O2/c1-13-9-17(23-22-13)19(25)24-21-11-15-10-16(20)7-8-18(15)26-12-14-5-3-2-4-6-14/h2-8,10-11,13,17,22-23H,9,12H2,1H3,(H,24,25)/b21-11+. The topological polar surface area (TPSA) is 74.8 Å². The lowest BCUT2D eigenvalue weighted by Crippen LogP contribution is -2.41. The summed E-state index contributed by atoms with van der Waals surface area (Å²) >= 11 is 3.45.